The fourth-order valence-corrected chi connectivity index (χ4v) is 1.18. The van der Waals surface area contributed by atoms with Gasteiger partial charge in [-0.3, -0.25) is 20.0 Å². The fraction of sp³-hybridized carbons (Fsp3) is 0.750. The normalized spacial score (nSPS) is 15.3. The van der Waals surface area contributed by atoms with Gasteiger partial charge in [0, 0.05) is 13.6 Å². The molecular formula is C12H25N5O2. The lowest BCUT2D eigenvalue weighted by Crippen LogP contribution is -2.32. The van der Waals surface area contributed by atoms with E-state index in [1.54, 1.807) is 14.0 Å². The number of aliphatic imine (C=N–C) groups is 2. The number of amides is 1. The number of rotatable bonds is 9. The number of nitrogens with one attached hydrogen (secondary N) is 2. The van der Waals surface area contributed by atoms with Crippen LogP contribution in [0.4, 0.5) is 0 Å². The lowest BCUT2D eigenvalue weighted by atomic mass is 10.3. The molecule has 7 heteroatoms. The molecule has 0 rings (SSSR count). The third-order valence-electron chi connectivity index (χ3n) is 2.56. The summed E-state index contributed by atoms with van der Waals surface area (Å²) in [6.45, 7) is 5.26. The van der Waals surface area contributed by atoms with Crippen molar-refractivity contribution in [3.63, 3.8) is 0 Å². The minimum atomic E-state index is -0.422. The maximum Gasteiger partial charge on any atom is 0.262 e. The number of aliphatic hydroxyl groups is 1. The van der Waals surface area contributed by atoms with Gasteiger partial charge < -0.3 is 10.4 Å². The van der Waals surface area contributed by atoms with Gasteiger partial charge >= 0.3 is 0 Å². The molecule has 19 heavy (non-hydrogen) atoms. The van der Waals surface area contributed by atoms with Crippen molar-refractivity contribution in [3.8, 4) is 0 Å². The zero-order valence-electron chi connectivity index (χ0n) is 12.1. The Morgan fingerprint density at radius 3 is 2.74 bits per heavy atom. The average Bonchev–Trinajstić information content (AvgIpc) is 2.38. The SMILES string of the molecule is CNC(=O)C=NC=NC(C)NCCCN(C)C(C)O. The number of aliphatic hydroxyl groups excluding tert-OH is 1. The van der Waals surface area contributed by atoms with E-state index >= 15 is 0 Å². The summed E-state index contributed by atoms with van der Waals surface area (Å²) < 4.78 is 0. The molecule has 0 saturated heterocycles. The molecule has 7 nitrogen and oxygen atoms in total. The monoisotopic (exact) mass is 271 g/mol. The van der Waals surface area contributed by atoms with Gasteiger partial charge in [0.05, 0.1) is 12.4 Å². The molecule has 0 aromatic heterocycles. The van der Waals surface area contributed by atoms with Crippen LogP contribution in [0.25, 0.3) is 0 Å². The molecular weight excluding hydrogens is 246 g/mol. The van der Waals surface area contributed by atoms with E-state index in [-0.39, 0.29) is 12.1 Å². The number of hydrogen-bond acceptors (Lipinski definition) is 5. The third kappa shape index (κ3) is 10.3. The van der Waals surface area contributed by atoms with Crippen LogP contribution in [0.3, 0.4) is 0 Å². The number of nitrogens with zero attached hydrogens (tertiary/aromatic N) is 3. The Kier molecular flexibility index (Phi) is 9.87. The van der Waals surface area contributed by atoms with Gasteiger partial charge in [-0.1, -0.05) is 0 Å². The maximum absolute atomic E-state index is 10.8. The molecule has 0 aromatic carbocycles. The van der Waals surface area contributed by atoms with Crippen LogP contribution in [0.15, 0.2) is 9.98 Å². The molecule has 0 bridgehead atoms. The van der Waals surface area contributed by atoms with E-state index in [9.17, 15) is 9.90 Å². The van der Waals surface area contributed by atoms with Gasteiger partial charge in [0.1, 0.15) is 12.6 Å². The number of carbonyl (C=O) groups is 1. The first-order valence-electron chi connectivity index (χ1n) is 6.35. The van der Waals surface area contributed by atoms with Gasteiger partial charge in [-0.2, -0.15) is 0 Å². The molecule has 2 unspecified atom stereocenters. The summed E-state index contributed by atoms with van der Waals surface area (Å²) in [5, 5.41) is 14.9. The second-order valence-corrected chi connectivity index (χ2v) is 4.25. The second kappa shape index (κ2) is 10.6. The molecule has 1 amide bonds. The van der Waals surface area contributed by atoms with Crippen LogP contribution in [0, 0.1) is 0 Å². The van der Waals surface area contributed by atoms with Crippen LogP contribution in [-0.2, 0) is 4.79 Å². The highest BCUT2D eigenvalue weighted by atomic mass is 16.3. The maximum atomic E-state index is 10.8. The van der Waals surface area contributed by atoms with E-state index in [4.69, 9.17) is 0 Å². The van der Waals surface area contributed by atoms with E-state index in [2.05, 4.69) is 20.6 Å². The smallest absolute Gasteiger partial charge is 0.262 e. The first-order chi connectivity index (χ1) is 8.97. The quantitative estimate of drug-likeness (QED) is 0.227. The predicted octanol–water partition coefficient (Wildman–Crippen LogP) is -0.573. The van der Waals surface area contributed by atoms with E-state index < -0.39 is 6.23 Å². The lowest BCUT2D eigenvalue weighted by Gasteiger charge is -2.19. The van der Waals surface area contributed by atoms with Crippen molar-refractivity contribution in [2.24, 2.45) is 9.98 Å². The first-order valence-corrected chi connectivity index (χ1v) is 6.35. The summed E-state index contributed by atoms with van der Waals surface area (Å²) in [5.74, 6) is -0.256. The van der Waals surface area contributed by atoms with Crippen molar-refractivity contribution in [1.82, 2.24) is 15.5 Å². The van der Waals surface area contributed by atoms with Gasteiger partial charge in [0.25, 0.3) is 5.91 Å². The van der Waals surface area contributed by atoms with E-state index in [1.165, 1.54) is 12.6 Å². The molecule has 0 spiro atoms. The molecule has 0 aromatic rings. The van der Waals surface area contributed by atoms with Gasteiger partial charge in [-0.15, -0.1) is 0 Å². The summed E-state index contributed by atoms with van der Waals surface area (Å²) >= 11 is 0. The highest BCUT2D eigenvalue weighted by Gasteiger charge is 2.03. The zero-order chi connectivity index (χ0) is 14.7. The zero-order valence-corrected chi connectivity index (χ0v) is 12.1. The topological polar surface area (TPSA) is 89.3 Å². The highest BCUT2D eigenvalue weighted by molar-refractivity contribution is 6.27. The van der Waals surface area contributed by atoms with E-state index in [0.717, 1.165) is 19.5 Å². The number of carbonyl (C=O) groups excluding carboxylic acids is 1. The van der Waals surface area contributed by atoms with Crippen molar-refractivity contribution in [2.45, 2.75) is 32.7 Å². The Balaban J connectivity index is 3.70. The van der Waals surface area contributed by atoms with E-state index in [0.29, 0.717) is 0 Å². The standard InChI is InChI=1S/C12H25N5O2/c1-10(16-9-14-8-12(19)13-3)15-6-5-7-17(4)11(2)18/h8-11,15,18H,5-7H2,1-4H3,(H,13,19). The predicted molar refractivity (Wildman–Crippen MR) is 77.4 cm³/mol. The molecule has 2 atom stereocenters. The molecule has 0 aliphatic heterocycles. The van der Waals surface area contributed by atoms with Crippen molar-refractivity contribution in [1.29, 1.82) is 0 Å². The molecule has 3 N–H and O–H groups in total. The fourth-order valence-electron chi connectivity index (χ4n) is 1.18. The summed E-state index contributed by atoms with van der Waals surface area (Å²) in [7, 11) is 3.42. The van der Waals surface area contributed by atoms with Gasteiger partial charge in [-0.25, -0.2) is 4.99 Å². The van der Waals surface area contributed by atoms with Gasteiger partial charge in [0.2, 0.25) is 0 Å². The molecule has 0 fully saturated rings. The summed E-state index contributed by atoms with van der Waals surface area (Å²) in [5.41, 5.74) is 0. The van der Waals surface area contributed by atoms with Crippen LogP contribution in [-0.4, -0.2) is 68.0 Å². The first kappa shape index (κ1) is 17.7. The Morgan fingerprint density at radius 2 is 2.16 bits per heavy atom. The molecule has 0 heterocycles. The highest BCUT2D eigenvalue weighted by Crippen LogP contribution is 1.92. The minimum Gasteiger partial charge on any atom is -0.379 e. The van der Waals surface area contributed by atoms with E-state index in [1.807, 2.05) is 18.9 Å². The number of hydrogen-bond donors (Lipinski definition) is 3. The van der Waals surface area contributed by atoms with Crippen molar-refractivity contribution >= 4 is 18.5 Å². The van der Waals surface area contributed by atoms with Crippen LogP contribution in [0.1, 0.15) is 20.3 Å². The van der Waals surface area contributed by atoms with Gasteiger partial charge in [0.15, 0.2) is 0 Å². The Morgan fingerprint density at radius 1 is 1.47 bits per heavy atom. The van der Waals surface area contributed by atoms with Crippen molar-refractivity contribution < 1.29 is 9.90 Å². The van der Waals surface area contributed by atoms with Crippen molar-refractivity contribution in [2.75, 3.05) is 27.2 Å². The lowest BCUT2D eigenvalue weighted by molar-refractivity contribution is -0.113. The van der Waals surface area contributed by atoms with Crippen molar-refractivity contribution in [3.05, 3.63) is 0 Å². The average molecular weight is 271 g/mol. The Hall–Kier alpha value is -1.31. The van der Waals surface area contributed by atoms with Crippen LogP contribution in [0.5, 0.6) is 0 Å². The molecule has 0 radical (unpaired) electrons. The summed E-state index contributed by atoms with van der Waals surface area (Å²) in [6, 6.07) is 0. The molecule has 110 valence electrons. The molecule has 0 aliphatic rings. The van der Waals surface area contributed by atoms with Crippen LogP contribution < -0.4 is 10.6 Å². The molecule has 0 saturated carbocycles. The summed E-state index contributed by atoms with van der Waals surface area (Å²) in [4.78, 5) is 20.5. The van der Waals surface area contributed by atoms with Crippen LogP contribution in [0.2, 0.25) is 0 Å². The summed E-state index contributed by atoms with van der Waals surface area (Å²) in [6.07, 6.45) is 2.97. The molecule has 0 aliphatic carbocycles. The minimum absolute atomic E-state index is 0.0568. The second-order valence-electron chi connectivity index (χ2n) is 4.25. The third-order valence-corrected chi connectivity index (χ3v) is 2.56. The van der Waals surface area contributed by atoms with Crippen LogP contribution >= 0.6 is 0 Å². The largest absolute Gasteiger partial charge is 0.379 e. The Bertz CT molecular complexity index is 304. The van der Waals surface area contributed by atoms with Gasteiger partial charge in [-0.05, 0) is 33.9 Å². The Labute approximate surface area is 114 Å².